The number of halogens is 2. The van der Waals surface area contributed by atoms with Crippen LogP contribution in [0.1, 0.15) is 27.0 Å². The molecule has 0 saturated carbocycles. The summed E-state index contributed by atoms with van der Waals surface area (Å²) in [5, 5.41) is 19.9. The highest BCUT2D eigenvalue weighted by Crippen LogP contribution is 2.51. The summed E-state index contributed by atoms with van der Waals surface area (Å²) in [7, 11) is 0. The Hall–Kier alpha value is -2.39. The number of aromatic hydroxyl groups is 2. The largest absolute Gasteiger partial charge is 0.508 e. The fraction of sp³-hybridized carbons (Fsp3) is 0.0385. The molecule has 0 aromatic heterocycles. The van der Waals surface area contributed by atoms with Gasteiger partial charge in [-0.25, -0.2) is 0 Å². The topological polar surface area (TPSA) is 57.5 Å². The molecular formula is C26H16I2O3. The minimum Gasteiger partial charge on any atom is -0.508 e. The van der Waals surface area contributed by atoms with Crippen molar-refractivity contribution in [1.82, 2.24) is 0 Å². The Labute approximate surface area is 207 Å². The van der Waals surface area contributed by atoms with Crippen LogP contribution >= 0.6 is 45.2 Å². The van der Waals surface area contributed by atoms with Crippen molar-refractivity contribution < 1.29 is 15.0 Å². The fourth-order valence-electron chi connectivity index (χ4n) is 4.49. The summed E-state index contributed by atoms with van der Waals surface area (Å²) in [4.78, 5) is 14.4. The maximum atomic E-state index is 14.4. The molecule has 0 radical (unpaired) electrons. The lowest BCUT2D eigenvalue weighted by Gasteiger charge is -2.40. The quantitative estimate of drug-likeness (QED) is 0.249. The first kappa shape index (κ1) is 20.5. The van der Waals surface area contributed by atoms with Crippen LogP contribution < -0.4 is 0 Å². The monoisotopic (exact) mass is 630 g/mol. The van der Waals surface area contributed by atoms with Crippen molar-refractivity contribution in [3.8, 4) is 22.6 Å². The molecule has 4 aromatic carbocycles. The van der Waals surface area contributed by atoms with E-state index in [9.17, 15) is 15.0 Å². The van der Waals surface area contributed by atoms with Crippen molar-refractivity contribution in [3.63, 3.8) is 0 Å². The van der Waals surface area contributed by atoms with Crippen LogP contribution in [0.15, 0.2) is 84.9 Å². The van der Waals surface area contributed by atoms with Gasteiger partial charge in [0.1, 0.15) is 16.9 Å². The molecule has 1 aliphatic carbocycles. The predicted molar refractivity (Wildman–Crippen MR) is 138 cm³/mol. The van der Waals surface area contributed by atoms with E-state index in [1.165, 1.54) is 0 Å². The second-order valence-corrected chi connectivity index (χ2v) is 10.0. The molecular weight excluding hydrogens is 614 g/mol. The first-order chi connectivity index (χ1) is 14.9. The number of hydrogen-bond donors (Lipinski definition) is 2. The zero-order chi connectivity index (χ0) is 21.8. The van der Waals surface area contributed by atoms with Gasteiger partial charge in [-0.1, -0.05) is 36.4 Å². The van der Waals surface area contributed by atoms with Gasteiger partial charge in [0.05, 0.1) is 0 Å². The average molecular weight is 630 g/mol. The van der Waals surface area contributed by atoms with Crippen LogP contribution in [0.4, 0.5) is 0 Å². The van der Waals surface area contributed by atoms with Crippen molar-refractivity contribution in [3.05, 3.63) is 114 Å². The van der Waals surface area contributed by atoms with E-state index in [1.54, 1.807) is 24.3 Å². The fourth-order valence-corrected chi connectivity index (χ4v) is 5.47. The maximum absolute atomic E-state index is 14.4. The highest BCUT2D eigenvalue weighted by atomic mass is 127. The van der Waals surface area contributed by atoms with Crippen molar-refractivity contribution in [2.24, 2.45) is 0 Å². The van der Waals surface area contributed by atoms with E-state index in [2.05, 4.69) is 63.4 Å². The molecule has 152 valence electrons. The molecule has 31 heavy (non-hydrogen) atoms. The highest BCUT2D eigenvalue weighted by molar-refractivity contribution is 14.1. The molecule has 2 N–H and O–H groups in total. The Kier molecular flexibility index (Phi) is 5.05. The van der Waals surface area contributed by atoms with Gasteiger partial charge in [-0.3, -0.25) is 4.79 Å². The Bertz CT molecular complexity index is 1280. The van der Waals surface area contributed by atoms with Gasteiger partial charge in [0.25, 0.3) is 0 Å². The third-order valence-electron chi connectivity index (χ3n) is 5.84. The lowest BCUT2D eigenvalue weighted by Crippen LogP contribution is -2.41. The van der Waals surface area contributed by atoms with Crippen molar-refractivity contribution in [2.75, 3.05) is 0 Å². The zero-order valence-corrected chi connectivity index (χ0v) is 20.5. The summed E-state index contributed by atoms with van der Waals surface area (Å²) < 4.78 is 2.02. The number of ketones is 1. The van der Waals surface area contributed by atoms with E-state index in [4.69, 9.17) is 0 Å². The van der Waals surface area contributed by atoms with Crippen LogP contribution in [-0.4, -0.2) is 16.0 Å². The van der Waals surface area contributed by atoms with Crippen LogP contribution in [-0.2, 0) is 5.41 Å². The summed E-state index contributed by atoms with van der Waals surface area (Å²) >= 11 is 4.50. The smallest absolute Gasteiger partial charge is 0.182 e. The van der Waals surface area contributed by atoms with Crippen molar-refractivity contribution in [2.45, 2.75) is 5.41 Å². The molecule has 5 rings (SSSR count). The average Bonchev–Trinajstić information content (AvgIpc) is 2.76. The number of rotatable bonds is 2. The van der Waals surface area contributed by atoms with E-state index >= 15 is 0 Å². The Morgan fingerprint density at radius 1 is 0.581 bits per heavy atom. The Balaban J connectivity index is 1.96. The van der Waals surface area contributed by atoms with Crippen LogP contribution in [0.5, 0.6) is 11.5 Å². The first-order valence-corrected chi connectivity index (χ1v) is 11.8. The van der Waals surface area contributed by atoms with E-state index in [1.807, 2.05) is 42.5 Å². The van der Waals surface area contributed by atoms with Gasteiger partial charge in [0.15, 0.2) is 5.78 Å². The number of carbonyl (C=O) groups is 1. The summed E-state index contributed by atoms with van der Waals surface area (Å²) in [6.07, 6.45) is 0. The van der Waals surface area contributed by atoms with Gasteiger partial charge in [0.2, 0.25) is 0 Å². The number of phenolic OH excluding ortho intramolecular Hbond substituents is 2. The summed E-state index contributed by atoms with van der Waals surface area (Å²) in [5.74, 6) is 0.267. The summed E-state index contributed by atoms with van der Waals surface area (Å²) in [5.41, 5.74) is 3.94. The van der Waals surface area contributed by atoms with Crippen molar-refractivity contribution >= 4 is 51.0 Å². The minimum atomic E-state index is -1.10. The molecule has 4 aromatic rings. The van der Waals surface area contributed by atoms with Crippen LogP contribution in [0.25, 0.3) is 11.1 Å². The number of carbonyl (C=O) groups excluding carboxylic acids is 1. The molecule has 3 nitrogen and oxygen atoms in total. The molecule has 0 spiro atoms. The van der Waals surface area contributed by atoms with Crippen molar-refractivity contribution in [1.29, 1.82) is 0 Å². The van der Waals surface area contributed by atoms with Gasteiger partial charge in [-0.2, -0.15) is 0 Å². The molecule has 0 unspecified atom stereocenters. The summed E-state index contributed by atoms with van der Waals surface area (Å²) in [6, 6.07) is 25.8. The number of benzene rings is 4. The molecule has 0 saturated heterocycles. The van der Waals surface area contributed by atoms with Crippen LogP contribution in [0, 0.1) is 7.14 Å². The lowest BCUT2D eigenvalue weighted by molar-refractivity contribution is 0.0933. The second kappa shape index (κ2) is 7.63. The molecule has 0 amide bonds. The molecule has 1 aliphatic rings. The zero-order valence-electron chi connectivity index (χ0n) is 16.1. The SMILES string of the molecule is O=C1c2cc(I)ccc2-c2ccc(I)cc2C1(c1ccc(O)cc1)c1ccc(O)cc1. The second-order valence-electron chi connectivity index (χ2n) is 7.55. The molecule has 0 heterocycles. The number of fused-ring (bicyclic) bond motifs is 3. The molecule has 0 aliphatic heterocycles. The van der Waals surface area contributed by atoms with Gasteiger partial charge < -0.3 is 10.2 Å². The van der Waals surface area contributed by atoms with Crippen LogP contribution in [0.2, 0.25) is 0 Å². The molecule has 0 fully saturated rings. The Morgan fingerprint density at radius 3 is 1.61 bits per heavy atom. The highest BCUT2D eigenvalue weighted by Gasteiger charge is 2.49. The minimum absolute atomic E-state index is 0.0214. The van der Waals surface area contributed by atoms with E-state index in [-0.39, 0.29) is 17.3 Å². The number of Topliss-reactive ketones (excluding diaryl/α,β-unsaturated/α-hetero) is 1. The van der Waals surface area contributed by atoms with E-state index in [0.29, 0.717) is 5.56 Å². The molecule has 0 atom stereocenters. The first-order valence-electron chi connectivity index (χ1n) is 9.65. The number of hydrogen-bond acceptors (Lipinski definition) is 3. The standard InChI is InChI=1S/C26H16I2O3/c27-17-5-11-21-22-12-6-18(28)14-24(22)26(25(31)23(21)13-17,15-1-7-19(29)8-2-15)16-3-9-20(30)10-4-16/h1-14,29-30H. The van der Waals surface area contributed by atoms with E-state index in [0.717, 1.165) is 35.0 Å². The van der Waals surface area contributed by atoms with Crippen LogP contribution in [0.3, 0.4) is 0 Å². The van der Waals surface area contributed by atoms with Gasteiger partial charge >= 0.3 is 0 Å². The summed E-state index contributed by atoms with van der Waals surface area (Å²) in [6.45, 7) is 0. The van der Waals surface area contributed by atoms with Gasteiger partial charge in [0, 0.05) is 12.7 Å². The normalized spacial score (nSPS) is 14.1. The maximum Gasteiger partial charge on any atom is 0.182 e. The Morgan fingerprint density at radius 2 is 1.06 bits per heavy atom. The third-order valence-corrected chi connectivity index (χ3v) is 7.19. The predicted octanol–water partition coefficient (Wildman–Crippen LogP) is 6.50. The van der Waals surface area contributed by atoms with Gasteiger partial charge in [-0.05, 0) is 122 Å². The molecule has 5 heteroatoms. The third kappa shape index (κ3) is 3.17. The van der Waals surface area contributed by atoms with E-state index < -0.39 is 5.41 Å². The number of phenols is 2. The molecule has 0 bridgehead atoms. The lowest BCUT2D eigenvalue weighted by atomic mass is 9.60. The van der Waals surface area contributed by atoms with Gasteiger partial charge in [-0.15, -0.1) is 0 Å².